The minimum atomic E-state index is -0.784. The van der Waals surface area contributed by atoms with Crippen LogP contribution in [-0.4, -0.2) is 42.7 Å². The molecule has 116 valence electrons. The van der Waals surface area contributed by atoms with Crippen LogP contribution in [0.3, 0.4) is 0 Å². The van der Waals surface area contributed by atoms with Gasteiger partial charge in [0.2, 0.25) is 0 Å². The smallest absolute Gasteiger partial charge is 0.434 e. The van der Waals surface area contributed by atoms with Gasteiger partial charge in [-0.05, 0) is 32.1 Å². The van der Waals surface area contributed by atoms with E-state index in [0.29, 0.717) is 12.5 Å². The molecular formula is C13H17ClN2O5. The van der Waals surface area contributed by atoms with Crippen molar-refractivity contribution in [3.63, 3.8) is 0 Å². The van der Waals surface area contributed by atoms with E-state index in [1.807, 2.05) is 7.05 Å². The number of nitrogens with zero attached hydrogens (tertiary/aromatic N) is 2. The van der Waals surface area contributed by atoms with Crippen molar-refractivity contribution in [1.29, 1.82) is 0 Å². The predicted octanol–water partition coefficient (Wildman–Crippen LogP) is 2.48. The fraction of sp³-hybridized carbons (Fsp3) is 0.462. The average molecular weight is 317 g/mol. The van der Waals surface area contributed by atoms with Gasteiger partial charge in [0.05, 0.1) is 11.5 Å². The maximum atomic E-state index is 11.5. The molecule has 1 aromatic rings. The maximum absolute atomic E-state index is 11.5. The summed E-state index contributed by atoms with van der Waals surface area (Å²) in [4.78, 5) is 23.6. The Morgan fingerprint density at radius 2 is 2.10 bits per heavy atom. The Morgan fingerprint density at radius 3 is 2.62 bits per heavy atom. The number of carbonyl (C=O) groups is 1. The predicted molar refractivity (Wildman–Crippen MR) is 77.9 cm³/mol. The maximum Gasteiger partial charge on any atom is 0.513 e. The summed E-state index contributed by atoms with van der Waals surface area (Å²) in [6.07, 6.45) is 0.217. The van der Waals surface area contributed by atoms with Gasteiger partial charge < -0.3 is 14.4 Å². The second kappa shape index (κ2) is 7.80. The first-order chi connectivity index (χ1) is 9.54. The Balaban J connectivity index is 0.00000220. The summed E-state index contributed by atoms with van der Waals surface area (Å²) in [6, 6.07) is 5.27. The van der Waals surface area contributed by atoms with Crippen LogP contribution in [0.1, 0.15) is 6.42 Å². The van der Waals surface area contributed by atoms with Crippen molar-refractivity contribution in [2.45, 2.75) is 6.42 Å². The summed E-state index contributed by atoms with van der Waals surface area (Å²) in [6.45, 7) is 2.24. The lowest BCUT2D eigenvalue weighted by atomic mass is 10.1. The fourth-order valence-electron chi connectivity index (χ4n) is 2.11. The number of hydrogen-bond acceptors (Lipinski definition) is 6. The molecule has 0 aromatic heterocycles. The van der Waals surface area contributed by atoms with Gasteiger partial charge in [-0.15, -0.1) is 12.4 Å². The standard InChI is InChI=1S/C13H16N2O5.ClH/c1-14-7-6-10(8-14)9-19-13(16)20-12-4-2-11(3-5-12)15(17)18;/h2-5,10H,6-9H2,1H3;1H. The molecule has 0 spiro atoms. The van der Waals surface area contributed by atoms with E-state index >= 15 is 0 Å². The minimum Gasteiger partial charge on any atom is -0.434 e. The Kier molecular flexibility index (Phi) is 6.39. The molecule has 1 fully saturated rings. The van der Waals surface area contributed by atoms with Gasteiger partial charge in [-0.1, -0.05) is 0 Å². The number of nitro groups is 1. The molecule has 7 nitrogen and oxygen atoms in total. The van der Waals surface area contributed by atoms with Crippen LogP contribution in [0.4, 0.5) is 10.5 Å². The lowest BCUT2D eigenvalue weighted by Gasteiger charge is -2.11. The topological polar surface area (TPSA) is 81.9 Å². The van der Waals surface area contributed by atoms with E-state index in [1.165, 1.54) is 24.3 Å². The van der Waals surface area contributed by atoms with Crippen molar-refractivity contribution < 1.29 is 19.2 Å². The van der Waals surface area contributed by atoms with Gasteiger partial charge in [-0.25, -0.2) is 4.79 Å². The number of halogens is 1. The fourth-order valence-corrected chi connectivity index (χ4v) is 2.11. The molecule has 1 unspecified atom stereocenters. The van der Waals surface area contributed by atoms with Crippen molar-refractivity contribution in [1.82, 2.24) is 4.90 Å². The zero-order valence-corrected chi connectivity index (χ0v) is 12.4. The van der Waals surface area contributed by atoms with E-state index in [0.717, 1.165) is 19.5 Å². The van der Waals surface area contributed by atoms with E-state index in [-0.39, 0.29) is 23.8 Å². The van der Waals surface area contributed by atoms with E-state index in [4.69, 9.17) is 9.47 Å². The largest absolute Gasteiger partial charge is 0.513 e. The third kappa shape index (κ3) is 5.20. The molecule has 0 aliphatic carbocycles. The van der Waals surface area contributed by atoms with Gasteiger partial charge in [0.15, 0.2) is 0 Å². The van der Waals surface area contributed by atoms with Gasteiger partial charge in [-0.3, -0.25) is 10.1 Å². The summed E-state index contributed by atoms with van der Waals surface area (Å²) in [5, 5.41) is 10.5. The molecule has 0 N–H and O–H groups in total. The Morgan fingerprint density at radius 1 is 1.43 bits per heavy atom. The minimum absolute atomic E-state index is 0. The van der Waals surface area contributed by atoms with Crippen molar-refractivity contribution in [2.24, 2.45) is 5.92 Å². The molecule has 0 amide bonds. The van der Waals surface area contributed by atoms with Gasteiger partial charge in [0, 0.05) is 24.6 Å². The van der Waals surface area contributed by atoms with Gasteiger partial charge >= 0.3 is 6.16 Å². The van der Waals surface area contributed by atoms with E-state index in [1.54, 1.807) is 0 Å². The highest BCUT2D eigenvalue weighted by Gasteiger charge is 2.21. The second-order valence-corrected chi connectivity index (χ2v) is 4.83. The molecule has 8 heteroatoms. The molecule has 1 heterocycles. The first-order valence-corrected chi connectivity index (χ1v) is 6.32. The number of benzene rings is 1. The van der Waals surface area contributed by atoms with Crippen LogP contribution in [0, 0.1) is 16.0 Å². The molecule has 0 saturated carbocycles. The highest BCUT2D eigenvalue weighted by molar-refractivity contribution is 5.85. The summed E-state index contributed by atoms with van der Waals surface area (Å²) in [5.74, 6) is 0.563. The quantitative estimate of drug-likeness (QED) is 0.367. The van der Waals surface area contributed by atoms with Gasteiger partial charge in [0.1, 0.15) is 5.75 Å². The Hall–Kier alpha value is -1.86. The van der Waals surface area contributed by atoms with E-state index in [9.17, 15) is 14.9 Å². The van der Waals surface area contributed by atoms with Crippen LogP contribution in [0.15, 0.2) is 24.3 Å². The van der Waals surface area contributed by atoms with Crippen LogP contribution >= 0.6 is 12.4 Å². The lowest BCUT2D eigenvalue weighted by Crippen LogP contribution is -2.20. The second-order valence-electron chi connectivity index (χ2n) is 4.83. The lowest BCUT2D eigenvalue weighted by molar-refractivity contribution is -0.384. The van der Waals surface area contributed by atoms with Crippen LogP contribution < -0.4 is 4.74 Å². The van der Waals surface area contributed by atoms with Crippen molar-refractivity contribution >= 4 is 24.2 Å². The van der Waals surface area contributed by atoms with Crippen LogP contribution in [0.5, 0.6) is 5.75 Å². The molecule has 1 atom stereocenters. The summed E-state index contributed by atoms with van der Waals surface area (Å²) in [7, 11) is 2.02. The SMILES string of the molecule is CN1CCC(COC(=O)Oc2ccc([N+](=O)[O-])cc2)C1.Cl. The summed E-state index contributed by atoms with van der Waals surface area (Å²) < 4.78 is 9.97. The zero-order chi connectivity index (χ0) is 14.5. The summed E-state index contributed by atoms with van der Waals surface area (Å²) >= 11 is 0. The summed E-state index contributed by atoms with van der Waals surface area (Å²) in [5.41, 5.74) is -0.0558. The van der Waals surface area contributed by atoms with Gasteiger partial charge in [-0.2, -0.15) is 0 Å². The number of hydrogen-bond donors (Lipinski definition) is 0. The Bertz CT molecular complexity index is 494. The third-order valence-electron chi connectivity index (χ3n) is 3.17. The molecule has 1 aliphatic rings. The molecule has 0 bridgehead atoms. The van der Waals surface area contributed by atoms with Crippen LogP contribution in [0.2, 0.25) is 0 Å². The highest BCUT2D eigenvalue weighted by Crippen LogP contribution is 2.18. The normalized spacial score (nSPS) is 17.9. The average Bonchev–Trinajstić information content (AvgIpc) is 2.83. The van der Waals surface area contributed by atoms with Crippen LogP contribution in [0.25, 0.3) is 0 Å². The zero-order valence-electron chi connectivity index (χ0n) is 11.6. The molecule has 1 saturated heterocycles. The monoisotopic (exact) mass is 316 g/mol. The number of likely N-dealkylation sites (tertiary alicyclic amines) is 1. The first-order valence-electron chi connectivity index (χ1n) is 6.32. The molecule has 1 aromatic carbocycles. The number of ether oxygens (including phenoxy) is 2. The van der Waals surface area contributed by atoms with Crippen molar-refractivity contribution in [3.8, 4) is 5.75 Å². The van der Waals surface area contributed by atoms with E-state index < -0.39 is 11.1 Å². The van der Waals surface area contributed by atoms with E-state index in [2.05, 4.69) is 4.90 Å². The molecule has 21 heavy (non-hydrogen) atoms. The first kappa shape index (κ1) is 17.2. The molecule has 0 radical (unpaired) electrons. The third-order valence-corrected chi connectivity index (χ3v) is 3.17. The molecule has 1 aliphatic heterocycles. The number of rotatable bonds is 4. The Labute approximate surface area is 128 Å². The number of carbonyl (C=O) groups excluding carboxylic acids is 1. The van der Waals surface area contributed by atoms with Crippen LogP contribution in [-0.2, 0) is 4.74 Å². The van der Waals surface area contributed by atoms with Crippen molar-refractivity contribution in [3.05, 3.63) is 34.4 Å². The number of nitro benzene ring substituents is 1. The van der Waals surface area contributed by atoms with Gasteiger partial charge in [0.25, 0.3) is 5.69 Å². The van der Waals surface area contributed by atoms with Crippen molar-refractivity contribution in [2.75, 3.05) is 26.7 Å². The molecule has 2 rings (SSSR count). The molecular weight excluding hydrogens is 300 g/mol. The highest BCUT2D eigenvalue weighted by atomic mass is 35.5. The number of non-ortho nitro benzene ring substituents is 1.